The maximum absolute atomic E-state index is 12.5. The molecule has 6 nitrogen and oxygen atoms in total. The van der Waals surface area contributed by atoms with Gasteiger partial charge in [-0.25, -0.2) is 4.79 Å². The van der Waals surface area contributed by atoms with E-state index in [1.165, 1.54) is 4.90 Å². The molecule has 160 valence electrons. The number of nitrogens with zero attached hydrogens (tertiary/aromatic N) is 2. The number of benzene rings is 2. The number of unbranched alkanes of at least 4 members (excludes halogenated alkanes) is 2. The zero-order chi connectivity index (χ0) is 21.3. The van der Waals surface area contributed by atoms with Crippen LogP contribution >= 0.6 is 11.6 Å². The van der Waals surface area contributed by atoms with Gasteiger partial charge in [0.2, 0.25) is 0 Å². The highest BCUT2D eigenvalue weighted by atomic mass is 35.5. The number of carboxylic acid groups (broad SMARTS) is 1. The summed E-state index contributed by atoms with van der Waals surface area (Å²) in [5, 5.41) is 9.58. The molecule has 0 unspecified atom stereocenters. The van der Waals surface area contributed by atoms with E-state index in [0.717, 1.165) is 44.6 Å². The number of ether oxygens (including phenoxy) is 1. The third-order valence-electron chi connectivity index (χ3n) is 5.25. The van der Waals surface area contributed by atoms with Crippen molar-refractivity contribution in [3.63, 3.8) is 0 Å². The average Bonchev–Trinajstić information content (AvgIpc) is 2.77. The van der Waals surface area contributed by atoms with Crippen molar-refractivity contribution >= 4 is 23.5 Å². The van der Waals surface area contributed by atoms with Gasteiger partial charge in [-0.2, -0.15) is 0 Å². The Morgan fingerprint density at radius 1 is 0.867 bits per heavy atom. The number of carbonyl (C=O) groups excluding carboxylic acids is 1. The first-order valence-electron chi connectivity index (χ1n) is 10.3. The fourth-order valence-corrected chi connectivity index (χ4v) is 3.56. The van der Waals surface area contributed by atoms with E-state index in [4.69, 9.17) is 21.4 Å². The maximum atomic E-state index is 12.5. The van der Waals surface area contributed by atoms with Gasteiger partial charge < -0.3 is 14.7 Å². The Labute approximate surface area is 182 Å². The number of piperazine rings is 1. The molecule has 1 heterocycles. The second kappa shape index (κ2) is 11.0. The molecular formula is C23H27ClN2O4. The minimum absolute atomic E-state index is 0.0394. The summed E-state index contributed by atoms with van der Waals surface area (Å²) in [4.78, 5) is 27.2. The van der Waals surface area contributed by atoms with Gasteiger partial charge >= 0.3 is 6.09 Å². The number of halogens is 1. The smallest absolute Gasteiger partial charge is 0.407 e. The van der Waals surface area contributed by atoms with Crippen LogP contribution < -0.4 is 4.74 Å². The third kappa shape index (κ3) is 6.47. The van der Waals surface area contributed by atoms with Crippen LogP contribution in [0.3, 0.4) is 0 Å². The van der Waals surface area contributed by atoms with Gasteiger partial charge in [0.05, 0.1) is 6.61 Å². The largest absolute Gasteiger partial charge is 0.494 e. The van der Waals surface area contributed by atoms with Crippen molar-refractivity contribution in [1.29, 1.82) is 0 Å². The number of rotatable bonds is 9. The van der Waals surface area contributed by atoms with Crippen molar-refractivity contribution in [2.45, 2.75) is 19.3 Å². The molecule has 0 radical (unpaired) electrons. The van der Waals surface area contributed by atoms with E-state index in [-0.39, 0.29) is 5.78 Å². The molecule has 7 heteroatoms. The van der Waals surface area contributed by atoms with Gasteiger partial charge in [-0.3, -0.25) is 9.69 Å². The van der Waals surface area contributed by atoms with Gasteiger partial charge in [-0.15, -0.1) is 0 Å². The van der Waals surface area contributed by atoms with Gasteiger partial charge in [-0.05, 0) is 74.3 Å². The molecule has 2 aromatic rings. The minimum atomic E-state index is -0.825. The molecule has 0 aromatic heterocycles. The first kappa shape index (κ1) is 22.1. The summed E-state index contributed by atoms with van der Waals surface area (Å²) < 4.78 is 5.78. The van der Waals surface area contributed by atoms with Crippen LogP contribution in [0.15, 0.2) is 48.5 Å². The van der Waals surface area contributed by atoms with Gasteiger partial charge in [0.1, 0.15) is 5.75 Å². The first-order valence-corrected chi connectivity index (χ1v) is 10.6. The molecule has 1 aliphatic rings. The second-order valence-corrected chi connectivity index (χ2v) is 7.82. The molecular weight excluding hydrogens is 404 g/mol. The highest BCUT2D eigenvalue weighted by Crippen LogP contribution is 2.17. The van der Waals surface area contributed by atoms with Crippen LogP contribution in [0.25, 0.3) is 0 Å². The quantitative estimate of drug-likeness (QED) is 0.471. The number of ketones is 1. The molecule has 0 atom stereocenters. The fraction of sp³-hybridized carbons (Fsp3) is 0.391. The van der Waals surface area contributed by atoms with Crippen molar-refractivity contribution in [3.05, 3.63) is 64.7 Å². The van der Waals surface area contributed by atoms with Gasteiger partial charge in [0.15, 0.2) is 5.78 Å². The number of amides is 1. The fourth-order valence-electron chi connectivity index (χ4n) is 3.44. The Bertz CT molecular complexity index is 831. The van der Waals surface area contributed by atoms with Crippen LogP contribution in [0.4, 0.5) is 4.79 Å². The van der Waals surface area contributed by atoms with Crippen LogP contribution in [0.1, 0.15) is 35.2 Å². The molecule has 1 saturated heterocycles. The van der Waals surface area contributed by atoms with Crippen LogP contribution in [-0.4, -0.2) is 66.1 Å². The summed E-state index contributed by atoms with van der Waals surface area (Å²) in [6.45, 7) is 4.43. The van der Waals surface area contributed by atoms with Crippen molar-refractivity contribution in [2.24, 2.45) is 0 Å². The Kier molecular flexibility index (Phi) is 8.11. The Hall–Kier alpha value is -2.57. The van der Waals surface area contributed by atoms with Crippen LogP contribution in [0.2, 0.25) is 5.02 Å². The van der Waals surface area contributed by atoms with E-state index in [0.29, 0.717) is 35.8 Å². The third-order valence-corrected chi connectivity index (χ3v) is 5.51. The molecule has 1 amide bonds. The zero-order valence-electron chi connectivity index (χ0n) is 16.9. The highest BCUT2D eigenvalue weighted by molar-refractivity contribution is 6.30. The van der Waals surface area contributed by atoms with E-state index in [2.05, 4.69) is 4.90 Å². The summed E-state index contributed by atoms with van der Waals surface area (Å²) in [5.41, 5.74) is 1.23. The second-order valence-electron chi connectivity index (χ2n) is 7.38. The van der Waals surface area contributed by atoms with Gasteiger partial charge in [0.25, 0.3) is 0 Å². The minimum Gasteiger partial charge on any atom is -0.494 e. The number of hydrogen-bond acceptors (Lipinski definition) is 4. The topological polar surface area (TPSA) is 70.1 Å². The average molecular weight is 431 g/mol. The van der Waals surface area contributed by atoms with E-state index in [1.807, 2.05) is 12.1 Å². The molecule has 3 rings (SSSR count). The number of hydrogen-bond donors (Lipinski definition) is 1. The summed E-state index contributed by atoms with van der Waals surface area (Å²) in [7, 11) is 0. The monoisotopic (exact) mass is 430 g/mol. The predicted molar refractivity (Wildman–Crippen MR) is 117 cm³/mol. The normalized spacial score (nSPS) is 14.5. The predicted octanol–water partition coefficient (Wildman–Crippen LogP) is 4.42. The summed E-state index contributed by atoms with van der Waals surface area (Å²) in [6, 6.07) is 14.1. The van der Waals surface area contributed by atoms with Crippen molar-refractivity contribution in [2.75, 3.05) is 39.3 Å². The first-order chi connectivity index (χ1) is 14.5. The van der Waals surface area contributed by atoms with Crippen LogP contribution in [0.5, 0.6) is 5.75 Å². The summed E-state index contributed by atoms with van der Waals surface area (Å²) in [5.74, 6) is 0.717. The van der Waals surface area contributed by atoms with Gasteiger partial charge in [0, 0.05) is 42.3 Å². The van der Waals surface area contributed by atoms with Crippen LogP contribution in [0, 0.1) is 0 Å². The van der Waals surface area contributed by atoms with Crippen molar-refractivity contribution < 1.29 is 19.4 Å². The molecule has 2 aromatic carbocycles. The SMILES string of the molecule is O=C(c1ccc(Cl)cc1)c1ccc(OCCCCCN2CCN(C(=O)O)CC2)cc1. The molecule has 1 aliphatic heterocycles. The molecule has 1 fully saturated rings. The number of carbonyl (C=O) groups is 2. The Balaban J connectivity index is 1.31. The standard InChI is InChI=1S/C23H27ClN2O4/c24-20-8-4-18(5-9-20)22(27)19-6-10-21(11-7-19)30-17-3-1-2-12-25-13-15-26(16-14-25)23(28)29/h4-11H,1-3,12-17H2,(H,28,29). The molecule has 0 bridgehead atoms. The Morgan fingerprint density at radius 3 is 2.07 bits per heavy atom. The van der Waals surface area contributed by atoms with E-state index >= 15 is 0 Å². The lowest BCUT2D eigenvalue weighted by molar-refractivity contribution is 0.103. The maximum Gasteiger partial charge on any atom is 0.407 e. The molecule has 0 spiro atoms. The Morgan fingerprint density at radius 2 is 1.47 bits per heavy atom. The van der Waals surface area contributed by atoms with E-state index in [1.54, 1.807) is 36.4 Å². The lowest BCUT2D eigenvalue weighted by atomic mass is 10.0. The lowest BCUT2D eigenvalue weighted by Crippen LogP contribution is -2.48. The van der Waals surface area contributed by atoms with Crippen molar-refractivity contribution in [3.8, 4) is 5.75 Å². The van der Waals surface area contributed by atoms with Crippen molar-refractivity contribution in [1.82, 2.24) is 9.80 Å². The zero-order valence-corrected chi connectivity index (χ0v) is 17.7. The van der Waals surface area contributed by atoms with E-state index < -0.39 is 6.09 Å². The lowest BCUT2D eigenvalue weighted by Gasteiger charge is -2.33. The van der Waals surface area contributed by atoms with Gasteiger partial charge in [-0.1, -0.05) is 11.6 Å². The molecule has 0 saturated carbocycles. The molecule has 1 N–H and O–H groups in total. The molecule has 30 heavy (non-hydrogen) atoms. The highest BCUT2D eigenvalue weighted by Gasteiger charge is 2.19. The summed E-state index contributed by atoms with van der Waals surface area (Å²) in [6.07, 6.45) is 2.27. The summed E-state index contributed by atoms with van der Waals surface area (Å²) >= 11 is 5.87. The van der Waals surface area contributed by atoms with E-state index in [9.17, 15) is 9.59 Å². The molecule has 0 aliphatic carbocycles. The van der Waals surface area contributed by atoms with Crippen LogP contribution in [-0.2, 0) is 0 Å².